The molecule has 5 nitrogen and oxygen atoms in total. The Bertz CT molecular complexity index is 800. The number of likely N-dealkylation sites (N-methyl/N-ethyl adjacent to an activating group) is 1. The van der Waals surface area contributed by atoms with Crippen molar-refractivity contribution < 1.29 is 9.90 Å². The number of hydrogen-bond donors (Lipinski definition) is 3. The molecule has 0 saturated carbocycles. The maximum atomic E-state index is 11.1. The molecule has 1 amide bonds. The molecule has 2 aromatic rings. The number of nitrogens with zero attached hydrogens (tertiary/aromatic N) is 1. The van der Waals surface area contributed by atoms with Crippen LogP contribution >= 0.6 is 0 Å². The van der Waals surface area contributed by atoms with Gasteiger partial charge in [0.2, 0.25) is 5.91 Å². The fourth-order valence-corrected chi connectivity index (χ4v) is 2.28. The van der Waals surface area contributed by atoms with Crippen LogP contribution in [0.15, 0.2) is 36.4 Å². The number of nitrogens with one attached hydrogen (secondary N) is 1. The zero-order valence-corrected chi connectivity index (χ0v) is 13.2. The van der Waals surface area contributed by atoms with Gasteiger partial charge >= 0.3 is 0 Å². The Morgan fingerprint density at radius 2 is 1.87 bits per heavy atom. The minimum Gasteiger partial charge on any atom is -0.507 e. The topological polar surface area (TPSA) is 78.6 Å². The predicted octanol–water partition coefficient (Wildman–Crippen LogP) is 1.27. The zero-order valence-electron chi connectivity index (χ0n) is 13.2. The van der Waals surface area contributed by atoms with Gasteiger partial charge in [-0.1, -0.05) is 13.2 Å². The van der Waals surface area contributed by atoms with E-state index >= 15 is 0 Å². The highest BCUT2D eigenvalue weighted by molar-refractivity contribution is 5.79. The van der Waals surface area contributed by atoms with Crippen LogP contribution in [0.1, 0.15) is 6.92 Å². The van der Waals surface area contributed by atoms with Gasteiger partial charge < -0.3 is 21.1 Å². The van der Waals surface area contributed by atoms with Crippen LogP contribution in [0.4, 0.5) is 17.1 Å². The second-order valence-corrected chi connectivity index (χ2v) is 5.29. The normalized spacial score (nSPS) is 10.3. The Morgan fingerprint density at radius 3 is 2.43 bits per heavy atom. The zero-order chi connectivity index (χ0) is 17.0. The van der Waals surface area contributed by atoms with Crippen LogP contribution in [0.5, 0.6) is 5.75 Å². The second kappa shape index (κ2) is 6.87. The Hall–Kier alpha value is -2.95. The number of primary amides is 1. The highest BCUT2D eigenvalue weighted by Gasteiger charge is 2.07. The van der Waals surface area contributed by atoms with Gasteiger partial charge in [-0.2, -0.15) is 0 Å². The lowest BCUT2D eigenvalue weighted by atomic mass is 10.2. The molecule has 0 atom stereocenters. The lowest BCUT2D eigenvalue weighted by Gasteiger charge is -2.21. The summed E-state index contributed by atoms with van der Waals surface area (Å²) < 4.78 is 0. The van der Waals surface area contributed by atoms with Gasteiger partial charge in [0.25, 0.3) is 0 Å². The molecule has 0 aliphatic rings. The first-order valence-corrected chi connectivity index (χ1v) is 7.32. The third-order valence-electron chi connectivity index (χ3n) is 3.54. The quantitative estimate of drug-likeness (QED) is 0.702. The number of hydrogen-bond acceptors (Lipinski definition) is 4. The average Bonchev–Trinajstić information content (AvgIpc) is 2.51. The molecular weight excluding hydrogens is 290 g/mol. The first kappa shape index (κ1) is 16.4. The van der Waals surface area contributed by atoms with E-state index in [0.29, 0.717) is 17.0 Å². The molecule has 0 saturated heterocycles. The summed E-state index contributed by atoms with van der Waals surface area (Å²) in [7, 11) is 0. The number of phenols is 1. The van der Waals surface area contributed by atoms with Crippen LogP contribution in [0.2, 0.25) is 0 Å². The molecule has 0 aliphatic carbocycles. The lowest BCUT2D eigenvalue weighted by Crippen LogP contribution is -2.33. The Kier molecular flexibility index (Phi) is 4.91. The number of carbonyl (C=O) groups is 1. The van der Waals surface area contributed by atoms with Crippen molar-refractivity contribution in [2.45, 2.75) is 6.92 Å². The van der Waals surface area contributed by atoms with E-state index in [1.807, 2.05) is 36.1 Å². The van der Waals surface area contributed by atoms with Crippen molar-refractivity contribution in [1.82, 2.24) is 0 Å². The van der Waals surface area contributed by atoms with Gasteiger partial charge in [-0.05, 0) is 48.5 Å². The second-order valence-electron chi connectivity index (χ2n) is 5.29. The van der Waals surface area contributed by atoms with Crippen molar-refractivity contribution in [3.8, 4) is 5.75 Å². The first-order valence-electron chi connectivity index (χ1n) is 7.32. The van der Waals surface area contributed by atoms with Crippen molar-refractivity contribution >= 4 is 36.1 Å². The Morgan fingerprint density at radius 1 is 1.22 bits per heavy atom. The molecule has 0 bridgehead atoms. The molecule has 0 aliphatic heterocycles. The summed E-state index contributed by atoms with van der Waals surface area (Å²) >= 11 is 0. The van der Waals surface area contributed by atoms with E-state index < -0.39 is 0 Å². The third kappa shape index (κ3) is 4.03. The van der Waals surface area contributed by atoms with Crippen LogP contribution in [0.25, 0.3) is 13.2 Å². The minimum atomic E-state index is -0.359. The molecule has 0 unspecified atom stereocenters. The number of nitrogens with two attached hydrogens (primary N) is 1. The molecule has 0 fully saturated rings. The summed E-state index contributed by atoms with van der Waals surface area (Å²) in [4.78, 5) is 13.0. The standard InChI is InChI=1S/C18H21N3O2/c1-4-21(11-18(19)23)15-7-5-14(6-8-15)20-16-9-13(3)17(22)10-12(16)2/h5-10,20,22H,2-4,11H2,1H3,(H2,19,23). The van der Waals surface area contributed by atoms with E-state index in [2.05, 4.69) is 18.5 Å². The molecule has 5 heteroatoms. The highest BCUT2D eigenvalue weighted by Crippen LogP contribution is 2.19. The maximum Gasteiger partial charge on any atom is 0.236 e. The SMILES string of the molecule is C=c1cc(Nc2ccc(N(CC)CC(N)=O)cc2)c(=C)cc1O. The van der Waals surface area contributed by atoms with Gasteiger partial charge in [0.05, 0.1) is 6.54 Å². The molecule has 23 heavy (non-hydrogen) atoms. The van der Waals surface area contributed by atoms with Gasteiger partial charge in [-0.15, -0.1) is 0 Å². The van der Waals surface area contributed by atoms with Crippen LogP contribution in [-0.2, 0) is 4.79 Å². The van der Waals surface area contributed by atoms with Crippen molar-refractivity contribution in [2.75, 3.05) is 23.3 Å². The van der Waals surface area contributed by atoms with Crippen LogP contribution in [0.3, 0.4) is 0 Å². The number of rotatable bonds is 6. The minimum absolute atomic E-state index is 0.126. The summed E-state index contributed by atoms with van der Waals surface area (Å²) in [6.07, 6.45) is 0. The van der Waals surface area contributed by atoms with Crippen LogP contribution in [-0.4, -0.2) is 24.1 Å². The van der Waals surface area contributed by atoms with Gasteiger partial charge in [0.1, 0.15) is 5.75 Å². The van der Waals surface area contributed by atoms with E-state index in [9.17, 15) is 9.90 Å². The van der Waals surface area contributed by atoms with Crippen molar-refractivity contribution in [1.29, 1.82) is 0 Å². The molecule has 0 radical (unpaired) electrons. The van der Waals surface area contributed by atoms with E-state index in [1.54, 1.807) is 12.1 Å². The number of phenolic OH excluding ortho intramolecular Hbond substituents is 1. The maximum absolute atomic E-state index is 11.1. The predicted molar refractivity (Wildman–Crippen MR) is 95.2 cm³/mol. The highest BCUT2D eigenvalue weighted by atomic mass is 16.3. The molecular formula is C18H21N3O2. The summed E-state index contributed by atoms with van der Waals surface area (Å²) in [5.74, 6) is -0.233. The molecule has 0 heterocycles. The molecule has 0 spiro atoms. The largest absolute Gasteiger partial charge is 0.507 e. The third-order valence-corrected chi connectivity index (χ3v) is 3.54. The lowest BCUT2D eigenvalue weighted by molar-refractivity contribution is -0.116. The number of aromatic hydroxyl groups is 1. The Balaban J connectivity index is 2.20. The molecule has 4 N–H and O–H groups in total. The number of anilines is 3. The van der Waals surface area contributed by atoms with E-state index in [-0.39, 0.29) is 18.2 Å². The molecule has 120 valence electrons. The Labute approximate surface area is 135 Å². The molecule has 2 aromatic carbocycles. The summed E-state index contributed by atoms with van der Waals surface area (Å²) in [6.45, 7) is 10.5. The monoisotopic (exact) mass is 311 g/mol. The van der Waals surface area contributed by atoms with Crippen molar-refractivity contribution in [3.05, 3.63) is 46.8 Å². The van der Waals surface area contributed by atoms with Gasteiger partial charge in [0.15, 0.2) is 0 Å². The summed E-state index contributed by atoms with van der Waals surface area (Å²) in [6, 6.07) is 11.0. The number of benzene rings is 2. The van der Waals surface area contributed by atoms with Crippen LogP contribution in [0, 0.1) is 0 Å². The van der Waals surface area contributed by atoms with E-state index in [1.165, 1.54) is 0 Å². The fraction of sp³-hybridized carbons (Fsp3) is 0.167. The summed E-state index contributed by atoms with van der Waals surface area (Å²) in [5.41, 5.74) is 7.84. The van der Waals surface area contributed by atoms with Gasteiger partial charge in [0, 0.05) is 28.8 Å². The average molecular weight is 311 g/mol. The van der Waals surface area contributed by atoms with E-state index in [0.717, 1.165) is 17.1 Å². The smallest absolute Gasteiger partial charge is 0.236 e. The molecule has 0 aromatic heterocycles. The van der Waals surface area contributed by atoms with Gasteiger partial charge in [-0.3, -0.25) is 4.79 Å². The summed E-state index contributed by atoms with van der Waals surface area (Å²) in [5, 5.41) is 14.1. The first-order chi connectivity index (χ1) is 10.9. The fourth-order valence-electron chi connectivity index (χ4n) is 2.28. The van der Waals surface area contributed by atoms with Crippen molar-refractivity contribution in [2.24, 2.45) is 5.73 Å². The number of carbonyl (C=O) groups excluding carboxylic acids is 1. The van der Waals surface area contributed by atoms with Gasteiger partial charge in [-0.25, -0.2) is 0 Å². The molecule has 2 rings (SSSR count). The van der Waals surface area contributed by atoms with E-state index in [4.69, 9.17) is 5.73 Å². The van der Waals surface area contributed by atoms with Crippen molar-refractivity contribution in [3.63, 3.8) is 0 Å². The number of amides is 1. The van der Waals surface area contributed by atoms with Crippen LogP contribution < -0.4 is 26.4 Å².